The molecule has 0 radical (unpaired) electrons. The summed E-state index contributed by atoms with van der Waals surface area (Å²) in [5.74, 6) is 2.10. The maximum Gasteiger partial charge on any atom is 0.250 e. The number of hydrogen-bond acceptors (Lipinski definition) is 8. The minimum absolute atomic E-state index is 0.364. The van der Waals surface area contributed by atoms with E-state index < -0.39 is 0 Å². The molecule has 0 atom stereocenters. The minimum Gasteiger partial charge on any atom is -0.339 e. The first-order valence-electron chi connectivity index (χ1n) is 20.4. The van der Waals surface area contributed by atoms with Gasteiger partial charge < -0.3 is 41.7 Å². The van der Waals surface area contributed by atoms with Crippen LogP contribution in [0.2, 0.25) is 0 Å². The summed E-state index contributed by atoms with van der Waals surface area (Å²) in [4.78, 5) is 21.6. The molecule has 1 amide bonds. The van der Waals surface area contributed by atoms with Gasteiger partial charge in [0.2, 0.25) is 5.91 Å². The van der Waals surface area contributed by atoms with E-state index in [0.717, 1.165) is 110 Å². The molecule has 2 aliphatic heterocycles. The second-order valence-corrected chi connectivity index (χ2v) is 15.5. The summed E-state index contributed by atoms with van der Waals surface area (Å²) in [6.07, 6.45) is 17.3. The maximum atomic E-state index is 14.2. The third kappa shape index (κ3) is 13.1. The van der Waals surface area contributed by atoms with Crippen molar-refractivity contribution < 1.29 is 4.79 Å². The Balaban J connectivity index is 1.04. The Bertz CT molecular complexity index is 993. The number of hydrogen-bond donors (Lipinski definition) is 5. The Hall–Kier alpha value is -1.75. The van der Waals surface area contributed by atoms with Crippen molar-refractivity contribution in [2.75, 3.05) is 90.1 Å². The van der Waals surface area contributed by atoms with Gasteiger partial charge in [-0.25, -0.2) is 0 Å². The van der Waals surface area contributed by atoms with Crippen LogP contribution in [0.5, 0.6) is 0 Å². The highest BCUT2D eigenvalue weighted by Gasteiger charge is 2.54. The van der Waals surface area contributed by atoms with Gasteiger partial charge in [-0.2, -0.15) is 0 Å². The van der Waals surface area contributed by atoms with Gasteiger partial charge in [-0.15, -0.1) is 0 Å². The SMILES string of the molecule is CC(C)C1CCC(N2CCC3(CC2)C(=O)N(CCCCCCCCCNCCCNCCNCCNCCN)CN3c2ccccc2)CC1. The number of benzene rings is 1. The van der Waals surface area contributed by atoms with Crippen molar-refractivity contribution in [2.24, 2.45) is 17.6 Å². The van der Waals surface area contributed by atoms with Gasteiger partial charge in [0, 0.05) is 70.6 Å². The Morgan fingerprint density at radius 2 is 1.27 bits per heavy atom. The summed E-state index contributed by atoms with van der Waals surface area (Å²) in [7, 11) is 0. The predicted molar refractivity (Wildman–Crippen MR) is 207 cm³/mol. The molecule has 9 heteroatoms. The highest BCUT2D eigenvalue weighted by Crippen LogP contribution is 2.41. The normalized spacial score (nSPS) is 21.4. The van der Waals surface area contributed by atoms with Gasteiger partial charge in [0.15, 0.2) is 0 Å². The molecule has 1 spiro atoms. The summed E-state index contributed by atoms with van der Waals surface area (Å²) in [5.41, 5.74) is 6.32. The van der Waals surface area contributed by atoms with Crippen molar-refractivity contribution in [1.82, 2.24) is 31.1 Å². The Labute approximate surface area is 300 Å². The zero-order valence-electron chi connectivity index (χ0n) is 31.5. The van der Waals surface area contributed by atoms with Crippen molar-refractivity contribution in [3.05, 3.63) is 30.3 Å². The lowest BCUT2D eigenvalue weighted by molar-refractivity contribution is -0.134. The molecule has 2 heterocycles. The number of unbranched alkanes of at least 4 members (excludes halogenated alkanes) is 6. The number of nitrogens with two attached hydrogens (primary N) is 1. The van der Waals surface area contributed by atoms with Crippen LogP contribution in [0.25, 0.3) is 0 Å². The molecule has 3 aliphatic rings. The molecular weight excluding hydrogens is 608 g/mol. The molecule has 1 aromatic rings. The van der Waals surface area contributed by atoms with E-state index >= 15 is 0 Å². The first kappa shape index (κ1) is 40.0. The number of likely N-dealkylation sites (tertiary alicyclic amines) is 1. The van der Waals surface area contributed by atoms with Crippen LogP contribution < -0.4 is 31.9 Å². The van der Waals surface area contributed by atoms with E-state index in [9.17, 15) is 4.79 Å². The summed E-state index contributed by atoms with van der Waals surface area (Å²) in [5, 5.41) is 13.9. The van der Waals surface area contributed by atoms with E-state index in [0.29, 0.717) is 18.5 Å². The van der Waals surface area contributed by atoms with E-state index in [-0.39, 0.29) is 5.54 Å². The second-order valence-electron chi connectivity index (χ2n) is 15.5. The van der Waals surface area contributed by atoms with Crippen LogP contribution in [0.4, 0.5) is 5.69 Å². The minimum atomic E-state index is -0.364. The van der Waals surface area contributed by atoms with Crippen LogP contribution in [0.1, 0.15) is 104 Å². The highest BCUT2D eigenvalue weighted by molar-refractivity contribution is 5.93. The molecule has 6 N–H and O–H groups in total. The molecule has 1 saturated carbocycles. The fraction of sp³-hybridized carbons (Fsp3) is 0.825. The number of amides is 1. The second kappa shape index (κ2) is 22.9. The summed E-state index contributed by atoms with van der Waals surface area (Å²) >= 11 is 0. The number of carbonyl (C=O) groups is 1. The molecule has 0 aromatic heterocycles. The van der Waals surface area contributed by atoms with E-state index in [4.69, 9.17) is 5.73 Å². The Kier molecular flexibility index (Phi) is 18.7. The largest absolute Gasteiger partial charge is 0.339 e. The molecule has 49 heavy (non-hydrogen) atoms. The van der Waals surface area contributed by atoms with Gasteiger partial charge in [-0.1, -0.05) is 64.2 Å². The van der Waals surface area contributed by atoms with Crippen molar-refractivity contribution in [1.29, 1.82) is 0 Å². The zero-order valence-corrected chi connectivity index (χ0v) is 31.5. The van der Waals surface area contributed by atoms with Gasteiger partial charge >= 0.3 is 0 Å². The van der Waals surface area contributed by atoms with Crippen molar-refractivity contribution >= 4 is 11.6 Å². The molecule has 1 aliphatic carbocycles. The molecule has 4 rings (SSSR count). The molecule has 2 saturated heterocycles. The van der Waals surface area contributed by atoms with Crippen molar-refractivity contribution in [3.63, 3.8) is 0 Å². The summed E-state index contributed by atoms with van der Waals surface area (Å²) < 4.78 is 0. The van der Waals surface area contributed by atoms with E-state index in [1.807, 2.05) is 0 Å². The average Bonchev–Trinajstić information content (AvgIpc) is 3.39. The summed E-state index contributed by atoms with van der Waals surface area (Å²) in [6, 6.07) is 11.5. The molecule has 0 bridgehead atoms. The van der Waals surface area contributed by atoms with Crippen LogP contribution in [-0.2, 0) is 4.79 Å². The fourth-order valence-electron chi connectivity index (χ4n) is 8.50. The maximum absolute atomic E-state index is 14.2. The average molecular weight is 683 g/mol. The quantitative estimate of drug-likeness (QED) is 0.0941. The smallest absolute Gasteiger partial charge is 0.250 e. The molecular formula is C40H74N8O. The highest BCUT2D eigenvalue weighted by atomic mass is 16.2. The van der Waals surface area contributed by atoms with Crippen LogP contribution in [0, 0.1) is 11.8 Å². The first-order valence-corrected chi connectivity index (χ1v) is 20.4. The fourth-order valence-corrected chi connectivity index (χ4v) is 8.50. The number of anilines is 1. The van der Waals surface area contributed by atoms with E-state index in [2.05, 4.69) is 80.1 Å². The van der Waals surface area contributed by atoms with Gasteiger partial charge in [-0.05, 0) is 101 Å². The molecule has 1 aromatic carbocycles. The zero-order chi connectivity index (χ0) is 34.6. The monoisotopic (exact) mass is 683 g/mol. The van der Waals surface area contributed by atoms with Gasteiger partial charge in [0.25, 0.3) is 0 Å². The number of nitrogens with zero attached hydrogens (tertiary/aromatic N) is 3. The summed E-state index contributed by atoms with van der Waals surface area (Å²) in [6.45, 7) is 17.4. The van der Waals surface area contributed by atoms with E-state index in [1.54, 1.807) is 0 Å². The molecule has 280 valence electrons. The lowest BCUT2D eigenvalue weighted by Gasteiger charge is -2.47. The van der Waals surface area contributed by atoms with Crippen LogP contribution >= 0.6 is 0 Å². The number of piperidine rings is 1. The lowest BCUT2D eigenvalue weighted by Crippen LogP contribution is -2.58. The van der Waals surface area contributed by atoms with Gasteiger partial charge in [0.05, 0.1) is 6.67 Å². The van der Waals surface area contributed by atoms with Crippen LogP contribution in [0.15, 0.2) is 30.3 Å². The number of carbonyl (C=O) groups excluding carboxylic acids is 1. The van der Waals surface area contributed by atoms with Crippen molar-refractivity contribution in [2.45, 2.75) is 115 Å². The topological polar surface area (TPSA) is 101 Å². The lowest BCUT2D eigenvalue weighted by atomic mass is 9.78. The van der Waals surface area contributed by atoms with Gasteiger partial charge in [0.1, 0.15) is 5.54 Å². The Morgan fingerprint density at radius 3 is 1.90 bits per heavy atom. The van der Waals surface area contributed by atoms with Crippen molar-refractivity contribution in [3.8, 4) is 0 Å². The van der Waals surface area contributed by atoms with Crippen LogP contribution in [0.3, 0.4) is 0 Å². The van der Waals surface area contributed by atoms with E-state index in [1.165, 1.54) is 76.3 Å². The standard InChI is InChI=1S/C40H74N8O/c1-35(2)36-16-18-37(19-17-36)46-32-20-40(21-33-46)39(49)47(34-48(40)38-14-9-8-10-15-38)31-12-7-5-3-4-6-11-23-42-24-13-25-43-27-29-45-30-28-44-26-22-41/h8-10,14-15,35-37,42-45H,3-7,11-13,16-34,41H2,1-2H3. The number of para-hydroxylation sites is 1. The third-order valence-electron chi connectivity index (χ3n) is 11.7. The predicted octanol–water partition coefficient (Wildman–Crippen LogP) is 4.78. The molecule has 9 nitrogen and oxygen atoms in total. The number of nitrogens with one attached hydrogen (secondary N) is 4. The van der Waals surface area contributed by atoms with Gasteiger partial charge in [-0.3, -0.25) is 4.79 Å². The molecule has 3 fully saturated rings. The Morgan fingerprint density at radius 1 is 0.714 bits per heavy atom. The number of rotatable bonds is 25. The molecule has 0 unspecified atom stereocenters. The third-order valence-corrected chi connectivity index (χ3v) is 11.7. The first-order chi connectivity index (χ1) is 24.0. The van der Waals surface area contributed by atoms with Crippen LogP contribution in [-0.4, -0.2) is 112 Å².